The largest absolute Gasteiger partial charge is 0.496 e. The van der Waals surface area contributed by atoms with Crippen molar-refractivity contribution in [1.29, 1.82) is 0 Å². The van der Waals surface area contributed by atoms with Crippen molar-refractivity contribution in [3.05, 3.63) is 41.6 Å². The maximum absolute atomic E-state index is 13.0. The molecule has 178 valence electrons. The fourth-order valence-corrected chi connectivity index (χ4v) is 3.98. The summed E-state index contributed by atoms with van der Waals surface area (Å²) >= 11 is 0. The predicted octanol–water partition coefficient (Wildman–Crippen LogP) is 2.29. The lowest BCUT2D eigenvalue weighted by atomic mass is 9.93. The Morgan fingerprint density at radius 2 is 1.75 bits per heavy atom. The van der Waals surface area contributed by atoms with E-state index in [0.717, 1.165) is 24.0 Å². The van der Waals surface area contributed by atoms with Crippen molar-refractivity contribution < 1.29 is 14.3 Å². The Hall–Kier alpha value is -2.54. The maximum atomic E-state index is 13.0. The molecule has 0 unspecified atom stereocenters. The molecule has 32 heavy (non-hydrogen) atoms. The first-order valence-electron chi connectivity index (χ1n) is 11.7. The lowest BCUT2D eigenvalue weighted by Gasteiger charge is -2.32. The topological polar surface area (TPSA) is 105 Å². The van der Waals surface area contributed by atoms with E-state index in [9.17, 15) is 9.59 Å². The average molecular weight is 445 g/mol. The number of amides is 2. The van der Waals surface area contributed by atoms with E-state index in [1.165, 1.54) is 0 Å². The van der Waals surface area contributed by atoms with Gasteiger partial charge in [-0.15, -0.1) is 0 Å². The number of rotatable bonds is 5. The predicted molar refractivity (Wildman–Crippen MR) is 128 cm³/mol. The number of hydrogen-bond acceptors (Lipinski definition) is 5. The fraction of sp³-hybridized carbons (Fsp3) is 0.600. The number of ether oxygens (including phenoxy) is 1. The van der Waals surface area contributed by atoms with Gasteiger partial charge in [0.1, 0.15) is 11.8 Å². The smallest absolute Gasteiger partial charge is 0.242 e. The maximum Gasteiger partial charge on any atom is 0.242 e. The van der Waals surface area contributed by atoms with E-state index in [-0.39, 0.29) is 29.7 Å². The lowest BCUT2D eigenvalue weighted by Crippen LogP contribution is -2.54. The van der Waals surface area contributed by atoms with Crippen LogP contribution in [0.5, 0.6) is 5.75 Å². The fourth-order valence-electron chi connectivity index (χ4n) is 3.98. The van der Waals surface area contributed by atoms with Gasteiger partial charge in [0, 0.05) is 18.7 Å². The van der Waals surface area contributed by atoms with Crippen LogP contribution in [0.1, 0.15) is 51.7 Å². The van der Waals surface area contributed by atoms with Gasteiger partial charge < -0.3 is 26.4 Å². The molecule has 0 saturated carbocycles. The Kier molecular flexibility index (Phi) is 9.57. The number of nitrogens with one attached hydrogen (secondary N) is 3. The average Bonchev–Trinajstić information content (AvgIpc) is 2.79. The van der Waals surface area contributed by atoms with E-state index in [2.05, 4.69) is 43.3 Å². The second-order valence-corrected chi connectivity index (χ2v) is 8.90. The Morgan fingerprint density at radius 3 is 2.38 bits per heavy atom. The number of benzene rings is 1. The minimum absolute atomic E-state index is 0.0602. The third-order valence-electron chi connectivity index (χ3n) is 6.56. The molecule has 7 heteroatoms. The van der Waals surface area contributed by atoms with Gasteiger partial charge in [0.05, 0.1) is 19.2 Å². The van der Waals surface area contributed by atoms with Gasteiger partial charge in [-0.05, 0) is 35.4 Å². The zero-order valence-electron chi connectivity index (χ0n) is 20.2. The molecule has 2 rings (SSSR count). The van der Waals surface area contributed by atoms with E-state index < -0.39 is 12.1 Å². The van der Waals surface area contributed by atoms with Crippen molar-refractivity contribution in [2.45, 2.75) is 71.5 Å². The molecule has 0 aromatic heterocycles. The molecule has 2 amide bonds. The van der Waals surface area contributed by atoms with E-state index in [1.807, 2.05) is 25.1 Å². The van der Waals surface area contributed by atoms with E-state index in [4.69, 9.17) is 10.5 Å². The molecule has 5 atom stereocenters. The first-order chi connectivity index (χ1) is 15.2. The number of hydrogen-bond donors (Lipinski definition) is 4. The van der Waals surface area contributed by atoms with Gasteiger partial charge in [-0.2, -0.15) is 0 Å². The van der Waals surface area contributed by atoms with Crippen molar-refractivity contribution in [2.75, 3.05) is 13.7 Å². The highest BCUT2D eigenvalue weighted by molar-refractivity contribution is 5.83. The molecule has 0 saturated heterocycles. The van der Waals surface area contributed by atoms with Crippen molar-refractivity contribution in [3.8, 4) is 5.75 Å². The summed E-state index contributed by atoms with van der Waals surface area (Å²) in [5.74, 6) is 0.623. The quantitative estimate of drug-likeness (QED) is 0.558. The molecule has 1 aliphatic rings. The molecule has 1 aromatic rings. The van der Waals surface area contributed by atoms with Crippen molar-refractivity contribution in [3.63, 3.8) is 0 Å². The molecule has 1 aromatic carbocycles. The van der Waals surface area contributed by atoms with Crippen LogP contribution < -0.4 is 26.4 Å². The second-order valence-electron chi connectivity index (χ2n) is 8.90. The summed E-state index contributed by atoms with van der Waals surface area (Å²) in [6, 6.07) is 4.38. The summed E-state index contributed by atoms with van der Waals surface area (Å²) < 4.78 is 5.48. The number of carbonyl (C=O) groups excluding carboxylic acids is 2. The number of carbonyl (C=O) groups is 2. The molecule has 1 aliphatic heterocycles. The molecule has 2 bridgehead atoms. The Morgan fingerprint density at radius 1 is 1.09 bits per heavy atom. The molecule has 0 aliphatic carbocycles. The lowest BCUT2D eigenvalue weighted by molar-refractivity contribution is -0.124. The highest BCUT2D eigenvalue weighted by Crippen LogP contribution is 2.22. The first kappa shape index (κ1) is 25.7. The second kappa shape index (κ2) is 11.9. The SMILES string of the molecule is C=C1N[C@@H]([C@H](C)CC)C(=O)NCCc2ccc(OC)c(c2)C[C@H](N)C(=O)N[C@@H]1[C@@H](C)CC. The van der Waals surface area contributed by atoms with Gasteiger partial charge >= 0.3 is 0 Å². The summed E-state index contributed by atoms with van der Waals surface area (Å²) in [6.45, 7) is 12.9. The van der Waals surface area contributed by atoms with Crippen LogP contribution in [-0.4, -0.2) is 43.6 Å². The Labute approximate surface area is 192 Å². The van der Waals surface area contributed by atoms with E-state index in [0.29, 0.717) is 30.8 Å². The van der Waals surface area contributed by atoms with Crippen molar-refractivity contribution >= 4 is 11.8 Å². The van der Waals surface area contributed by atoms with Crippen molar-refractivity contribution in [2.24, 2.45) is 17.6 Å². The van der Waals surface area contributed by atoms with E-state index in [1.54, 1.807) is 7.11 Å². The zero-order valence-corrected chi connectivity index (χ0v) is 20.2. The van der Waals surface area contributed by atoms with Crippen LogP contribution in [0.2, 0.25) is 0 Å². The number of methoxy groups -OCH3 is 1. The highest BCUT2D eigenvalue weighted by Gasteiger charge is 2.30. The van der Waals surface area contributed by atoms with Gasteiger partial charge in [-0.1, -0.05) is 59.2 Å². The third-order valence-corrected chi connectivity index (χ3v) is 6.56. The van der Waals surface area contributed by atoms with Gasteiger partial charge in [-0.25, -0.2) is 0 Å². The van der Waals surface area contributed by atoms with Crippen LogP contribution >= 0.6 is 0 Å². The van der Waals surface area contributed by atoms with Crippen LogP contribution in [0.4, 0.5) is 0 Å². The van der Waals surface area contributed by atoms with Gasteiger partial charge in [0.2, 0.25) is 11.8 Å². The monoisotopic (exact) mass is 444 g/mol. The molecule has 0 radical (unpaired) electrons. The summed E-state index contributed by atoms with van der Waals surface area (Å²) in [5.41, 5.74) is 8.87. The first-order valence-corrected chi connectivity index (χ1v) is 11.7. The summed E-state index contributed by atoms with van der Waals surface area (Å²) in [4.78, 5) is 26.1. The van der Waals surface area contributed by atoms with Crippen LogP contribution in [0.3, 0.4) is 0 Å². The highest BCUT2D eigenvalue weighted by atomic mass is 16.5. The molecule has 7 nitrogen and oxygen atoms in total. The third kappa shape index (κ3) is 6.48. The normalized spacial score (nSPS) is 24.8. The minimum Gasteiger partial charge on any atom is -0.496 e. The van der Waals surface area contributed by atoms with Crippen LogP contribution in [0.25, 0.3) is 0 Å². The molecular formula is C25H40N4O3. The van der Waals surface area contributed by atoms with Gasteiger partial charge in [0.25, 0.3) is 0 Å². The molecule has 0 fully saturated rings. The summed E-state index contributed by atoms with van der Waals surface area (Å²) in [5, 5.41) is 9.47. The number of fused-ring (bicyclic) bond motifs is 2. The molecular weight excluding hydrogens is 404 g/mol. The van der Waals surface area contributed by atoms with Gasteiger partial charge in [-0.3, -0.25) is 9.59 Å². The molecule has 1 heterocycles. The molecule has 5 N–H and O–H groups in total. The number of nitrogens with two attached hydrogens (primary N) is 1. The Balaban J connectivity index is 2.42. The van der Waals surface area contributed by atoms with Crippen LogP contribution in [-0.2, 0) is 22.4 Å². The standard InChI is InChI=1S/C25H40N4O3/c1-7-15(3)22-17(5)28-23(16(4)8-2)25(31)27-12-11-18-9-10-21(32-6)19(13-18)14-20(26)24(30)29-22/h9-10,13,15-16,20,22-23,28H,5,7-8,11-12,14,26H2,1-4,6H3,(H,27,31)(H,29,30)/t15-,16+,20-,22+,23-/m0/s1. The Bertz CT molecular complexity index is 810. The van der Waals surface area contributed by atoms with Gasteiger partial charge in [0.15, 0.2) is 0 Å². The summed E-state index contributed by atoms with van der Waals surface area (Å²) in [7, 11) is 1.61. The zero-order chi connectivity index (χ0) is 23.8. The van der Waals surface area contributed by atoms with Crippen LogP contribution in [0.15, 0.2) is 30.5 Å². The minimum atomic E-state index is -0.728. The summed E-state index contributed by atoms with van der Waals surface area (Å²) in [6.07, 6.45) is 2.72. The van der Waals surface area contributed by atoms with Crippen LogP contribution in [0, 0.1) is 11.8 Å². The van der Waals surface area contributed by atoms with E-state index >= 15 is 0 Å². The molecule has 0 spiro atoms. The van der Waals surface area contributed by atoms with Crippen molar-refractivity contribution in [1.82, 2.24) is 16.0 Å².